The number of nitrogen functional groups attached to an aromatic ring is 1. The third-order valence-electron chi connectivity index (χ3n) is 2.66. The molecule has 3 aromatic rings. The molecule has 0 amide bonds. The molecule has 90 valence electrons. The van der Waals surface area contributed by atoms with Crippen LogP contribution in [-0.4, -0.2) is 19.9 Å². The zero-order valence-electron chi connectivity index (χ0n) is 9.61. The van der Waals surface area contributed by atoms with Crippen LogP contribution in [0.5, 0.6) is 0 Å². The number of nitrogens with one attached hydrogen (secondary N) is 1. The zero-order chi connectivity index (χ0) is 12.7. The molecular weight excluding hydrogens is 233 g/mol. The van der Waals surface area contributed by atoms with Gasteiger partial charge in [-0.05, 0) is 13.0 Å². The number of H-pyrrole nitrogens is 1. The maximum absolute atomic E-state index is 13.1. The van der Waals surface area contributed by atoms with E-state index in [1.165, 1.54) is 6.07 Å². The van der Waals surface area contributed by atoms with Crippen LogP contribution in [0.15, 0.2) is 24.7 Å². The van der Waals surface area contributed by atoms with Gasteiger partial charge in [0.1, 0.15) is 5.52 Å². The van der Waals surface area contributed by atoms with Crippen LogP contribution < -0.4 is 5.73 Å². The smallest absolute Gasteiger partial charge is 0.164 e. The van der Waals surface area contributed by atoms with Gasteiger partial charge in [0, 0.05) is 11.8 Å². The lowest BCUT2D eigenvalue weighted by Crippen LogP contribution is -1.94. The van der Waals surface area contributed by atoms with Crippen LogP contribution in [0.3, 0.4) is 0 Å². The molecule has 3 heterocycles. The van der Waals surface area contributed by atoms with Gasteiger partial charge in [0.05, 0.1) is 29.5 Å². The van der Waals surface area contributed by atoms with Gasteiger partial charge in [0.15, 0.2) is 11.5 Å². The predicted octanol–water partition coefficient (Wildman–Crippen LogP) is 2.05. The highest BCUT2D eigenvalue weighted by Crippen LogP contribution is 2.26. The Morgan fingerprint density at radius 3 is 2.89 bits per heavy atom. The standard InChI is InChI=1S/C12H10FN5/c1-6-3-16-12-11(18-6)7(4-17-12)10-2-9(14)8(13)5-15-10/h2-5H,1H3,(H2,14,15)(H,16,17). The van der Waals surface area contributed by atoms with Crippen molar-refractivity contribution in [3.63, 3.8) is 0 Å². The number of hydrogen-bond donors (Lipinski definition) is 2. The number of pyridine rings is 1. The lowest BCUT2D eigenvalue weighted by molar-refractivity contribution is 0.626. The number of nitrogens with zero attached hydrogens (tertiary/aromatic N) is 3. The van der Waals surface area contributed by atoms with E-state index in [2.05, 4.69) is 19.9 Å². The van der Waals surface area contributed by atoms with E-state index in [0.29, 0.717) is 16.9 Å². The predicted molar refractivity (Wildman–Crippen MR) is 66.2 cm³/mol. The van der Waals surface area contributed by atoms with Crippen LogP contribution in [0, 0.1) is 12.7 Å². The minimum absolute atomic E-state index is 0.0648. The van der Waals surface area contributed by atoms with Crippen LogP contribution in [-0.2, 0) is 0 Å². The average molecular weight is 243 g/mol. The zero-order valence-corrected chi connectivity index (χ0v) is 9.61. The van der Waals surface area contributed by atoms with E-state index in [1.807, 2.05) is 6.92 Å². The minimum Gasteiger partial charge on any atom is -0.396 e. The van der Waals surface area contributed by atoms with E-state index in [-0.39, 0.29) is 5.69 Å². The van der Waals surface area contributed by atoms with Crippen molar-refractivity contribution >= 4 is 16.9 Å². The average Bonchev–Trinajstić information content (AvgIpc) is 2.75. The maximum atomic E-state index is 13.1. The second kappa shape index (κ2) is 3.76. The summed E-state index contributed by atoms with van der Waals surface area (Å²) in [6.07, 6.45) is 4.52. The molecular formula is C12H10FN5. The number of aromatic nitrogens is 4. The van der Waals surface area contributed by atoms with E-state index >= 15 is 0 Å². The van der Waals surface area contributed by atoms with E-state index in [1.54, 1.807) is 12.4 Å². The Kier molecular flexibility index (Phi) is 2.22. The first-order valence-corrected chi connectivity index (χ1v) is 5.37. The van der Waals surface area contributed by atoms with Gasteiger partial charge in [-0.25, -0.2) is 14.4 Å². The Bertz CT molecular complexity index is 734. The Morgan fingerprint density at radius 2 is 2.11 bits per heavy atom. The highest BCUT2D eigenvalue weighted by Gasteiger charge is 2.11. The fraction of sp³-hybridized carbons (Fsp3) is 0.0833. The maximum Gasteiger partial charge on any atom is 0.164 e. The number of rotatable bonds is 1. The monoisotopic (exact) mass is 243 g/mol. The van der Waals surface area contributed by atoms with Gasteiger partial charge in [-0.1, -0.05) is 0 Å². The molecule has 3 N–H and O–H groups in total. The van der Waals surface area contributed by atoms with Crippen molar-refractivity contribution in [3.8, 4) is 11.3 Å². The van der Waals surface area contributed by atoms with Gasteiger partial charge in [0.2, 0.25) is 0 Å². The number of aryl methyl sites for hydroxylation is 1. The van der Waals surface area contributed by atoms with Crippen molar-refractivity contribution < 1.29 is 4.39 Å². The Hall–Kier alpha value is -2.50. The first-order valence-electron chi connectivity index (χ1n) is 5.37. The Labute approximate surface area is 102 Å². The molecule has 6 heteroatoms. The molecule has 5 nitrogen and oxygen atoms in total. The van der Waals surface area contributed by atoms with Crippen molar-refractivity contribution in [3.05, 3.63) is 36.2 Å². The summed E-state index contributed by atoms with van der Waals surface area (Å²) < 4.78 is 13.1. The number of fused-ring (bicyclic) bond motifs is 1. The molecule has 0 saturated carbocycles. The second-order valence-corrected chi connectivity index (χ2v) is 4.00. The molecule has 0 spiro atoms. The normalized spacial score (nSPS) is 11.0. The molecule has 3 aromatic heterocycles. The van der Waals surface area contributed by atoms with Crippen LogP contribution >= 0.6 is 0 Å². The summed E-state index contributed by atoms with van der Waals surface area (Å²) in [6.45, 7) is 1.86. The summed E-state index contributed by atoms with van der Waals surface area (Å²) in [4.78, 5) is 15.6. The summed E-state index contributed by atoms with van der Waals surface area (Å²) in [6, 6.07) is 1.49. The third kappa shape index (κ3) is 1.58. The summed E-state index contributed by atoms with van der Waals surface area (Å²) >= 11 is 0. The molecule has 0 aliphatic carbocycles. The molecule has 0 aliphatic rings. The molecule has 0 atom stereocenters. The fourth-order valence-electron chi connectivity index (χ4n) is 1.78. The molecule has 0 unspecified atom stereocenters. The topological polar surface area (TPSA) is 80.5 Å². The van der Waals surface area contributed by atoms with Gasteiger partial charge in [-0.2, -0.15) is 0 Å². The van der Waals surface area contributed by atoms with Crippen LogP contribution in [0.25, 0.3) is 22.4 Å². The quantitative estimate of drug-likeness (QED) is 0.685. The van der Waals surface area contributed by atoms with Crippen molar-refractivity contribution in [2.75, 3.05) is 5.73 Å². The van der Waals surface area contributed by atoms with Crippen molar-refractivity contribution in [2.24, 2.45) is 0 Å². The Balaban J connectivity index is 2.24. The summed E-state index contributed by atoms with van der Waals surface area (Å²) in [7, 11) is 0. The first-order chi connectivity index (χ1) is 8.65. The van der Waals surface area contributed by atoms with Gasteiger partial charge < -0.3 is 10.7 Å². The number of hydrogen-bond acceptors (Lipinski definition) is 4. The summed E-state index contributed by atoms with van der Waals surface area (Å²) in [5, 5.41) is 0. The van der Waals surface area contributed by atoms with Crippen LogP contribution in [0.4, 0.5) is 10.1 Å². The van der Waals surface area contributed by atoms with Crippen LogP contribution in [0.2, 0.25) is 0 Å². The van der Waals surface area contributed by atoms with Gasteiger partial charge in [-0.3, -0.25) is 4.98 Å². The minimum atomic E-state index is -0.527. The highest BCUT2D eigenvalue weighted by molar-refractivity contribution is 5.89. The van der Waals surface area contributed by atoms with E-state index < -0.39 is 5.82 Å². The van der Waals surface area contributed by atoms with Crippen molar-refractivity contribution in [2.45, 2.75) is 6.92 Å². The van der Waals surface area contributed by atoms with E-state index in [9.17, 15) is 4.39 Å². The number of halogens is 1. The molecule has 0 aromatic carbocycles. The molecule has 3 rings (SSSR count). The van der Waals surface area contributed by atoms with Crippen molar-refractivity contribution in [1.29, 1.82) is 0 Å². The molecule has 0 fully saturated rings. The molecule has 18 heavy (non-hydrogen) atoms. The lowest BCUT2D eigenvalue weighted by atomic mass is 10.2. The molecule has 0 aliphatic heterocycles. The molecule has 0 bridgehead atoms. The van der Waals surface area contributed by atoms with E-state index in [4.69, 9.17) is 5.73 Å². The summed E-state index contributed by atoms with van der Waals surface area (Å²) in [5.74, 6) is -0.527. The molecule has 0 saturated heterocycles. The number of nitrogens with two attached hydrogens (primary N) is 1. The lowest BCUT2D eigenvalue weighted by Gasteiger charge is -2.01. The third-order valence-corrected chi connectivity index (χ3v) is 2.66. The summed E-state index contributed by atoms with van der Waals surface area (Å²) in [5.41, 5.74) is 9.10. The molecule has 0 radical (unpaired) electrons. The highest BCUT2D eigenvalue weighted by atomic mass is 19.1. The van der Waals surface area contributed by atoms with Gasteiger partial charge >= 0.3 is 0 Å². The van der Waals surface area contributed by atoms with E-state index in [0.717, 1.165) is 17.5 Å². The number of anilines is 1. The number of aromatic amines is 1. The van der Waals surface area contributed by atoms with Crippen molar-refractivity contribution in [1.82, 2.24) is 19.9 Å². The second-order valence-electron chi connectivity index (χ2n) is 4.00. The Morgan fingerprint density at radius 1 is 1.28 bits per heavy atom. The van der Waals surface area contributed by atoms with Gasteiger partial charge in [0.25, 0.3) is 0 Å². The largest absolute Gasteiger partial charge is 0.396 e. The van der Waals surface area contributed by atoms with Crippen LogP contribution in [0.1, 0.15) is 5.69 Å². The first kappa shape index (κ1) is 10.6. The SMILES string of the molecule is Cc1cnc2[nH]cc(-c3cc(N)c(F)cn3)c2n1. The van der Waals surface area contributed by atoms with Gasteiger partial charge in [-0.15, -0.1) is 0 Å². The fourth-order valence-corrected chi connectivity index (χ4v) is 1.78.